The first-order valence-corrected chi connectivity index (χ1v) is 10.0. The normalized spacial score (nSPS) is 10.6. The summed E-state index contributed by atoms with van der Waals surface area (Å²) in [5.41, 5.74) is 8.65. The highest BCUT2D eigenvalue weighted by molar-refractivity contribution is 7.99. The SMILES string of the molecule is Cc1ccc(NC(=O)CSCc2nc(N)nc(Nc3ccccc3C)n2)c(F)c1. The van der Waals surface area contributed by atoms with Crippen LogP contribution in [0.5, 0.6) is 0 Å². The molecule has 150 valence electrons. The lowest BCUT2D eigenvalue weighted by Gasteiger charge is -2.09. The summed E-state index contributed by atoms with van der Waals surface area (Å²) in [5, 5.41) is 5.68. The van der Waals surface area contributed by atoms with Crippen LogP contribution in [0.4, 0.5) is 27.7 Å². The fraction of sp³-hybridized carbons (Fsp3) is 0.200. The molecule has 29 heavy (non-hydrogen) atoms. The largest absolute Gasteiger partial charge is 0.368 e. The zero-order valence-electron chi connectivity index (χ0n) is 16.1. The van der Waals surface area contributed by atoms with Gasteiger partial charge in [-0.3, -0.25) is 4.79 Å². The van der Waals surface area contributed by atoms with Gasteiger partial charge in [-0.25, -0.2) is 4.39 Å². The number of nitrogens with two attached hydrogens (primary N) is 1. The van der Waals surface area contributed by atoms with Gasteiger partial charge >= 0.3 is 0 Å². The zero-order valence-corrected chi connectivity index (χ0v) is 16.9. The van der Waals surface area contributed by atoms with Gasteiger partial charge in [-0.1, -0.05) is 24.3 Å². The molecule has 0 unspecified atom stereocenters. The highest BCUT2D eigenvalue weighted by Gasteiger charge is 2.10. The van der Waals surface area contributed by atoms with Crippen LogP contribution in [0.1, 0.15) is 17.0 Å². The molecule has 1 heterocycles. The maximum absolute atomic E-state index is 13.8. The molecule has 9 heteroatoms. The van der Waals surface area contributed by atoms with Crippen molar-refractivity contribution in [3.8, 4) is 0 Å². The lowest BCUT2D eigenvalue weighted by Crippen LogP contribution is -2.15. The second-order valence-corrected chi connectivity index (χ2v) is 7.38. The molecule has 4 N–H and O–H groups in total. The van der Waals surface area contributed by atoms with Gasteiger partial charge in [0, 0.05) is 5.69 Å². The number of aromatic nitrogens is 3. The van der Waals surface area contributed by atoms with Crippen molar-refractivity contribution in [2.45, 2.75) is 19.6 Å². The number of anilines is 4. The van der Waals surface area contributed by atoms with Crippen molar-refractivity contribution in [3.05, 3.63) is 65.2 Å². The summed E-state index contributed by atoms with van der Waals surface area (Å²) in [6.45, 7) is 3.76. The molecule has 0 spiro atoms. The van der Waals surface area contributed by atoms with Crippen LogP contribution in [0.15, 0.2) is 42.5 Å². The van der Waals surface area contributed by atoms with Crippen LogP contribution in [0.2, 0.25) is 0 Å². The standard InChI is InChI=1S/C20H21FN6OS/c1-12-7-8-16(14(21)9-12)23-18(28)11-29-10-17-25-19(22)27-20(26-17)24-15-6-4-3-5-13(15)2/h3-9H,10-11H2,1-2H3,(H,23,28)(H3,22,24,25,26,27). The Balaban J connectivity index is 1.57. The first kappa shape index (κ1) is 20.5. The predicted octanol–water partition coefficient (Wildman–Crippen LogP) is 3.83. The molecular formula is C20H21FN6OS. The highest BCUT2D eigenvalue weighted by Crippen LogP contribution is 2.19. The van der Waals surface area contributed by atoms with E-state index in [9.17, 15) is 9.18 Å². The molecule has 3 rings (SSSR count). The minimum absolute atomic E-state index is 0.0952. The van der Waals surface area contributed by atoms with Gasteiger partial charge in [-0.2, -0.15) is 15.0 Å². The van der Waals surface area contributed by atoms with Crippen LogP contribution in [-0.4, -0.2) is 26.6 Å². The molecule has 0 radical (unpaired) electrons. The van der Waals surface area contributed by atoms with Crippen LogP contribution >= 0.6 is 11.8 Å². The Morgan fingerprint density at radius 3 is 2.66 bits per heavy atom. The van der Waals surface area contributed by atoms with Crippen molar-refractivity contribution in [1.82, 2.24) is 15.0 Å². The number of hydrogen-bond acceptors (Lipinski definition) is 7. The lowest BCUT2D eigenvalue weighted by molar-refractivity contribution is -0.113. The number of nitrogens with zero attached hydrogens (tertiary/aromatic N) is 3. The molecule has 0 atom stereocenters. The Morgan fingerprint density at radius 2 is 1.90 bits per heavy atom. The second-order valence-electron chi connectivity index (χ2n) is 6.40. The number of hydrogen-bond donors (Lipinski definition) is 3. The first-order chi connectivity index (χ1) is 13.9. The van der Waals surface area contributed by atoms with Crippen LogP contribution in [0.25, 0.3) is 0 Å². The van der Waals surface area contributed by atoms with Crippen LogP contribution < -0.4 is 16.4 Å². The number of nitrogens with one attached hydrogen (secondary N) is 2. The van der Waals surface area contributed by atoms with Gasteiger partial charge in [-0.05, 0) is 43.2 Å². The summed E-state index contributed by atoms with van der Waals surface area (Å²) in [4.78, 5) is 24.6. The van der Waals surface area contributed by atoms with Crippen LogP contribution in [0.3, 0.4) is 0 Å². The van der Waals surface area contributed by atoms with Crippen LogP contribution in [0, 0.1) is 19.7 Å². The number of benzene rings is 2. The maximum atomic E-state index is 13.8. The summed E-state index contributed by atoms with van der Waals surface area (Å²) >= 11 is 1.30. The Bertz CT molecular complexity index is 1030. The topological polar surface area (TPSA) is 106 Å². The van der Waals surface area contributed by atoms with E-state index in [2.05, 4.69) is 25.6 Å². The second kappa shape index (κ2) is 9.33. The molecule has 0 aliphatic heterocycles. The quantitative estimate of drug-likeness (QED) is 0.541. The van der Waals surface area contributed by atoms with Crippen molar-refractivity contribution in [2.75, 3.05) is 22.1 Å². The number of amides is 1. The molecule has 0 saturated heterocycles. The average Bonchev–Trinajstić information content (AvgIpc) is 2.65. The minimum Gasteiger partial charge on any atom is -0.368 e. The molecule has 2 aromatic carbocycles. The van der Waals surface area contributed by atoms with Crippen molar-refractivity contribution in [3.63, 3.8) is 0 Å². The van der Waals surface area contributed by atoms with Gasteiger partial charge in [0.2, 0.25) is 17.8 Å². The molecule has 1 amide bonds. The summed E-state index contributed by atoms with van der Waals surface area (Å²) in [6, 6.07) is 12.4. The number of carbonyl (C=O) groups excluding carboxylic acids is 1. The molecule has 0 aliphatic carbocycles. The van der Waals surface area contributed by atoms with E-state index in [0.29, 0.717) is 17.5 Å². The third-order valence-corrected chi connectivity index (χ3v) is 4.88. The smallest absolute Gasteiger partial charge is 0.234 e. The Morgan fingerprint density at radius 1 is 1.10 bits per heavy atom. The third-order valence-electron chi connectivity index (χ3n) is 3.95. The molecule has 7 nitrogen and oxygen atoms in total. The summed E-state index contributed by atoms with van der Waals surface area (Å²) in [5.74, 6) is 0.608. The van der Waals surface area contributed by atoms with E-state index in [0.717, 1.165) is 16.8 Å². The van der Waals surface area contributed by atoms with Gasteiger partial charge in [0.1, 0.15) is 11.6 Å². The first-order valence-electron chi connectivity index (χ1n) is 8.87. The molecule has 1 aromatic heterocycles. The number of nitrogen functional groups attached to an aromatic ring is 1. The summed E-state index contributed by atoms with van der Waals surface area (Å²) < 4.78 is 13.8. The van der Waals surface area contributed by atoms with Crippen molar-refractivity contribution in [1.29, 1.82) is 0 Å². The molecule has 0 bridgehead atoms. The van der Waals surface area contributed by atoms with E-state index in [1.165, 1.54) is 17.8 Å². The molecular weight excluding hydrogens is 391 g/mol. The average molecular weight is 412 g/mol. The minimum atomic E-state index is -0.458. The van der Waals surface area contributed by atoms with E-state index in [-0.39, 0.29) is 23.3 Å². The number of carbonyl (C=O) groups is 1. The van der Waals surface area contributed by atoms with Crippen molar-refractivity contribution in [2.24, 2.45) is 0 Å². The number of aryl methyl sites for hydroxylation is 2. The third kappa shape index (κ3) is 5.89. The van der Waals surface area contributed by atoms with E-state index in [4.69, 9.17) is 5.73 Å². The van der Waals surface area contributed by atoms with E-state index >= 15 is 0 Å². The van der Waals surface area contributed by atoms with Crippen LogP contribution in [-0.2, 0) is 10.5 Å². The van der Waals surface area contributed by atoms with Gasteiger partial charge in [-0.15, -0.1) is 11.8 Å². The summed E-state index contributed by atoms with van der Waals surface area (Å²) in [7, 11) is 0. The predicted molar refractivity (Wildman–Crippen MR) is 115 cm³/mol. The molecule has 0 saturated carbocycles. The zero-order chi connectivity index (χ0) is 20.8. The highest BCUT2D eigenvalue weighted by atomic mass is 32.2. The van der Waals surface area contributed by atoms with Crippen molar-refractivity contribution >= 4 is 40.9 Å². The van der Waals surface area contributed by atoms with Gasteiger partial charge in [0.25, 0.3) is 0 Å². The van der Waals surface area contributed by atoms with E-state index in [1.54, 1.807) is 19.1 Å². The van der Waals surface area contributed by atoms with Gasteiger partial charge in [0.15, 0.2) is 0 Å². The Labute approximate surface area is 172 Å². The number of halogens is 1. The number of rotatable bonds is 7. The maximum Gasteiger partial charge on any atom is 0.234 e. The van der Waals surface area contributed by atoms with Gasteiger partial charge in [0.05, 0.1) is 17.2 Å². The molecule has 0 aliphatic rings. The molecule has 3 aromatic rings. The molecule has 0 fully saturated rings. The number of para-hydroxylation sites is 1. The van der Waals surface area contributed by atoms with Crippen molar-refractivity contribution < 1.29 is 9.18 Å². The fourth-order valence-corrected chi connectivity index (χ4v) is 3.21. The lowest BCUT2D eigenvalue weighted by atomic mass is 10.2. The monoisotopic (exact) mass is 412 g/mol. The van der Waals surface area contributed by atoms with E-state index in [1.807, 2.05) is 31.2 Å². The summed E-state index contributed by atoms with van der Waals surface area (Å²) in [6.07, 6.45) is 0. The van der Waals surface area contributed by atoms with E-state index < -0.39 is 5.82 Å². The number of thioether (sulfide) groups is 1. The Kier molecular flexibility index (Phi) is 6.61. The Hall–Kier alpha value is -3.20. The van der Waals surface area contributed by atoms with Gasteiger partial charge < -0.3 is 16.4 Å². The fourth-order valence-electron chi connectivity index (χ4n) is 2.53.